The number of aromatic nitrogens is 1. The Morgan fingerprint density at radius 2 is 1.57 bits per heavy atom. The first-order valence-electron chi connectivity index (χ1n) is 8.53. The lowest BCUT2D eigenvalue weighted by Gasteiger charge is -2.15. The van der Waals surface area contributed by atoms with Crippen LogP contribution in [0.15, 0.2) is 48.5 Å². The maximum atomic E-state index is 13.8. The van der Waals surface area contributed by atoms with Gasteiger partial charge in [0.05, 0.1) is 29.7 Å². The molecule has 7 heteroatoms. The van der Waals surface area contributed by atoms with Crippen LogP contribution in [-0.2, 0) is 0 Å². The highest BCUT2D eigenvalue weighted by molar-refractivity contribution is 6.08. The van der Waals surface area contributed by atoms with E-state index in [1.807, 2.05) is 0 Å². The first-order valence-corrected chi connectivity index (χ1v) is 8.53. The van der Waals surface area contributed by atoms with E-state index in [9.17, 15) is 13.6 Å². The third-order valence-electron chi connectivity index (χ3n) is 4.20. The lowest BCUT2D eigenvalue weighted by molar-refractivity contribution is 0.102. The van der Waals surface area contributed by atoms with Crippen LogP contribution in [0.25, 0.3) is 0 Å². The molecule has 0 aliphatic heterocycles. The zero-order valence-electron chi connectivity index (χ0n) is 15.6. The molecule has 0 radical (unpaired) electrons. The Kier molecular flexibility index (Phi) is 5.54. The molecule has 0 bridgehead atoms. The van der Waals surface area contributed by atoms with Crippen molar-refractivity contribution in [3.8, 4) is 5.88 Å². The normalized spacial score (nSPS) is 10.5. The summed E-state index contributed by atoms with van der Waals surface area (Å²) >= 11 is 0. The zero-order valence-corrected chi connectivity index (χ0v) is 15.6. The molecule has 3 aromatic rings. The van der Waals surface area contributed by atoms with E-state index in [4.69, 9.17) is 4.74 Å². The lowest BCUT2D eigenvalue weighted by atomic mass is 10.1. The average molecular weight is 383 g/mol. The topological polar surface area (TPSA) is 63.2 Å². The van der Waals surface area contributed by atoms with Crippen molar-refractivity contribution in [1.82, 2.24) is 4.98 Å². The fourth-order valence-electron chi connectivity index (χ4n) is 2.70. The second-order valence-electron chi connectivity index (χ2n) is 6.21. The molecule has 5 nitrogen and oxygen atoms in total. The first-order chi connectivity index (χ1) is 13.4. The minimum absolute atomic E-state index is 0.110. The van der Waals surface area contributed by atoms with Crippen molar-refractivity contribution in [2.75, 3.05) is 17.7 Å². The molecule has 1 aromatic heterocycles. The van der Waals surface area contributed by atoms with Crippen molar-refractivity contribution in [2.45, 2.75) is 13.8 Å². The summed E-state index contributed by atoms with van der Waals surface area (Å²) in [6.45, 7) is 3.46. The van der Waals surface area contributed by atoms with Crippen LogP contribution in [0.1, 0.15) is 21.6 Å². The van der Waals surface area contributed by atoms with Crippen LogP contribution in [0, 0.1) is 25.5 Å². The number of anilines is 3. The predicted molar refractivity (Wildman–Crippen MR) is 104 cm³/mol. The molecule has 1 amide bonds. The number of carbonyl (C=O) groups excluding carboxylic acids is 1. The van der Waals surface area contributed by atoms with Gasteiger partial charge in [-0.25, -0.2) is 13.8 Å². The molecule has 2 N–H and O–H groups in total. The van der Waals surface area contributed by atoms with E-state index in [-0.39, 0.29) is 11.4 Å². The fraction of sp³-hybridized carbons (Fsp3) is 0.143. The predicted octanol–water partition coefficient (Wildman–Crippen LogP) is 4.98. The van der Waals surface area contributed by atoms with E-state index >= 15 is 0 Å². The number of halogens is 2. The monoisotopic (exact) mass is 383 g/mol. The van der Waals surface area contributed by atoms with Gasteiger partial charge in [-0.15, -0.1) is 0 Å². The van der Waals surface area contributed by atoms with Crippen molar-refractivity contribution < 1.29 is 18.3 Å². The standard InChI is InChI=1S/C21H19F2N3O2/c1-12-10-14(22)4-6-17(12)25-19-7-5-15(23)11-16(19)21(27)26-18-8-9-20(28-3)24-13(18)2/h4-11,25H,1-3H3,(H,26,27). The van der Waals surface area contributed by atoms with Crippen LogP contribution < -0.4 is 15.4 Å². The van der Waals surface area contributed by atoms with Gasteiger partial charge in [0.1, 0.15) is 11.6 Å². The number of ether oxygens (including phenoxy) is 1. The molecule has 28 heavy (non-hydrogen) atoms. The van der Waals surface area contributed by atoms with E-state index in [1.54, 1.807) is 32.0 Å². The van der Waals surface area contributed by atoms with Crippen molar-refractivity contribution >= 4 is 23.0 Å². The summed E-state index contributed by atoms with van der Waals surface area (Å²) in [6, 6.07) is 11.4. The summed E-state index contributed by atoms with van der Waals surface area (Å²) in [5.74, 6) is -0.981. The number of methoxy groups -OCH3 is 1. The number of carbonyl (C=O) groups is 1. The Bertz CT molecular complexity index is 1040. The maximum Gasteiger partial charge on any atom is 0.257 e. The van der Waals surface area contributed by atoms with Gasteiger partial charge < -0.3 is 15.4 Å². The third-order valence-corrected chi connectivity index (χ3v) is 4.20. The number of benzene rings is 2. The van der Waals surface area contributed by atoms with Crippen molar-refractivity contribution in [1.29, 1.82) is 0 Å². The molecule has 0 fully saturated rings. The zero-order chi connectivity index (χ0) is 20.3. The molecular weight excluding hydrogens is 364 g/mol. The number of nitrogens with one attached hydrogen (secondary N) is 2. The van der Waals surface area contributed by atoms with E-state index in [1.165, 1.54) is 31.4 Å². The van der Waals surface area contributed by atoms with Crippen LogP contribution in [0.3, 0.4) is 0 Å². The third kappa shape index (κ3) is 4.25. The summed E-state index contributed by atoms with van der Waals surface area (Å²) in [4.78, 5) is 17.0. The van der Waals surface area contributed by atoms with Gasteiger partial charge in [0.25, 0.3) is 5.91 Å². The number of rotatable bonds is 5. The van der Waals surface area contributed by atoms with Gasteiger partial charge in [0.15, 0.2) is 0 Å². The highest BCUT2D eigenvalue weighted by Gasteiger charge is 2.15. The molecule has 0 aliphatic rings. The summed E-state index contributed by atoms with van der Waals surface area (Å²) in [6.07, 6.45) is 0. The Balaban J connectivity index is 1.90. The van der Waals surface area contributed by atoms with Crippen LogP contribution in [0.5, 0.6) is 5.88 Å². The van der Waals surface area contributed by atoms with Crippen molar-refractivity contribution in [2.24, 2.45) is 0 Å². The number of nitrogens with zero attached hydrogens (tertiary/aromatic N) is 1. The SMILES string of the molecule is COc1ccc(NC(=O)c2cc(F)ccc2Nc2ccc(F)cc2C)c(C)n1. The Morgan fingerprint density at radius 3 is 2.21 bits per heavy atom. The van der Waals surface area contributed by atoms with E-state index < -0.39 is 11.7 Å². The van der Waals surface area contributed by atoms with Crippen molar-refractivity contribution in [3.63, 3.8) is 0 Å². The lowest BCUT2D eigenvalue weighted by Crippen LogP contribution is -2.15. The van der Waals surface area contributed by atoms with Gasteiger partial charge in [-0.3, -0.25) is 4.79 Å². The highest BCUT2D eigenvalue weighted by atomic mass is 19.1. The quantitative estimate of drug-likeness (QED) is 0.652. The van der Waals surface area contributed by atoms with Crippen LogP contribution in [-0.4, -0.2) is 18.0 Å². The maximum absolute atomic E-state index is 13.8. The Morgan fingerprint density at radius 1 is 0.929 bits per heavy atom. The minimum Gasteiger partial charge on any atom is -0.481 e. The second-order valence-corrected chi connectivity index (χ2v) is 6.21. The van der Waals surface area contributed by atoms with E-state index in [0.717, 1.165) is 6.07 Å². The molecule has 0 saturated heterocycles. The molecule has 0 unspecified atom stereocenters. The van der Waals surface area contributed by atoms with Gasteiger partial charge in [0.2, 0.25) is 5.88 Å². The molecule has 0 spiro atoms. The van der Waals surface area contributed by atoms with Gasteiger partial charge in [-0.2, -0.15) is 0 Å². The molecular formula is C21H19F2N3O2. The first kappa shape index (κ1) is 19.3. The van der Waals surface area contributed by atoms with Crippen LogP contribution in [0.4, 0.5) is 25.8 Å². The number of aryl methyl sites for hydroxylation is 2. The van der Waals surface area contributed by atoms with Gasteiger partial charge in [-0.05, 0) is 61.9 Å². The molecule has 0 aliphatic carbocycles. The van der Waals surface area contributed by atoms with Crippen LogP contribution >= 0.6 is 0 Å². The number of hydrogen-bond acceptors (Lipinski definition) is 4. The summed E-state index contributed by atoms with van der Waals surface area (Å²) < 4.78 is 32.2. The Labute approximate surface area is 161 Å². The largest absolute Gasteiger partial charge is 0.481 e. The molecule has 2 aromatic carbocycles. The summed E-state index contributed by atoms with van der Waals surface area (Å²) in [7, 11) is 1.50. The highest BCUT2D eigenvalue weighted by Crippen LogP contribution is 2.26. The van der Waals surface area contributed by atoms with E-state index in [0.29, 0.717) is 34.2 Å². The van der Waals surface area contributed by atoms with Crippen LogP contribution in [0.2, 0.25) is 0 Å². The van der Waals surface area contributed by atoms with Gasteiger partial charge in [0, 0.05) is 11.8 Å². The Hall–Kier alpha value is -3.48. The molecule has 0 atom stereocenters. The smallest absolute Gasteiger partial charge is 0.257 e. The van der Waals surface area contributed by atoms with Gasteiger partial charge in [-0.1, -0.05) is 0 Å². The molecule has 1 heterocycles. The number of pyridine rings is 1. The number of hydrogen-bond donors (Lipinski definition) is 2. The molecule has 3 rings (SSSR count). The van der Waals surface area contributed by atoms with Crippen molar-refractivity contribution in [3.05, 3.63) is 77.0 Å². The minimum atomic E-state index is -0.545. The average Bonchev–Trinajstić information content (AvgIpc) is 2.66. The fourth-order valence-corrected chi connectivity index (χ4v) is 2.70. The second kappa shape index (κ2) is 8.04. The van der Waals surface area contributed by atoms with Gasteiger partial charge >= 0.3 is 0 Å². The van der Waals surface area contributed by atoms with E-state index in [2.05, 4.69) is 15.6 Å². The summed E-state index contributed by atoms with van der Waals surface area (Å²) in [5, 5.41) is 5.80. The molecule has 0 saturated carbocycles. The number of amides is 1. The molecule has 144 valence electrons. The summed E-state index contributed by atoms with van der Waals surface area (Å²) in [5.41, 5.74) is 2.83.